The van der Waals surface area contributed by atoms with E-state index >= 15 is 0 Å². The molecule has 2 aromatic carbocycles. The minimum Gasteiger partial charge on any atom is -0.490 e. The van der Waals surface area contributed by atoms with Crippen molar-refractivity contribution in [2.24, 2.45) is 0 Å². The second kappa shape index (κ2) is 8.49. The molecule has 0 spiro atoms. The van der Waals surface area contributed by atoms with Crippen LogP contribution in [0, 0.1) is 0 Å². The van der Waals surface area contributed by atoms with Crippen LogP contribution in [-0.4, -0.2) is 18.2 Å². The summed E-state index contributed by atoms with van der Waals surface area (Å²) in [7, 11) is 1.33. The second-order valence-electron chi connectivity index (χ2n) is 4.36. The average Bonchev–Trinajstić information content (AvgIpc) is 2.52. The van der Waals surface area contributed by atoms with Crippen molar-refractivity contribution in [1.82, 2.24) is 6.15 Å². The molecule has 0 saturated carbocycles. The first kappa shape index (κ1) is 17.3. The number of rotatable bonds is 6. The summed E-state index contributed by atoms with van der Waals surface area (Å²) in [6, 6.07) is 17.0. The molecule has 0 aliphatic carbocycles. The Morgan fingerprint density at radius 2 is 1.73 bits per heavy atom. The highest BCUT2D eigenvalue weighted by Crippen LogP contribution is 2.16. The maximum Gasteiger partial charge on any atom is 0.371 e. The molecule has 0 aliphatic rings. The second-order valence-corrected chi connectivity index (χ2v) is 4.36. The molecule has 5 nitrogen and oxygen atoms in total. The number of hydrogen-bond acceptors (Lipinski definition) is 4. The van der Waals surface area contributed by atoms with Crippen molar-refractivity contribution in [1.29, 1.82) is 0 Å². The highest BCUT2D eigenvalue weighted by Gasteiger charge is 2.06. The Bertz CT molecular complexity index is 621. The van der Waals surface area contributed by atoms with Crippen LogP contribution in [0.5, 0.6) is 5.75 Å². The molecule has 0 aliphatic heterocycles. The van der Waals surface area contributed by atoms with Crippen LogP contribution in [-0.2, 0) is 16.1 Å². The zero-order valence-electron chi connectivity index (χ0n) is 12.4. The Morgan fingerprint density at radius 3 is 2.27 bits per heavy atom. The van der Waals surface area contributed by atoms with Gasteiger partial charge in [-0.15, -0.1) is 0 Å². The van der Waals surface area contributed by atoms with Crippen molar-refractivity contribution in [2.75, 3.05) is 7.11 Å². The molecule has 2 aromatic rings. The summed E-state index contributed by atoms with van der Waals surface area (Å²) in [5.74, 6) is -0.472. The van der Waals surface area contributed by atoms with Crippen LogP contribution in [0.3, 0.4) is 0 Å². The molecule has 0 radical (unpaired) electrons. The van der Waals surface area contributed by atoms with Gasteiger partial charge in [-0.05, 0) is 29.3 Å². The molecule has 0 atom stereocenters. The van der Waals surface area contributed by atoms with Gasteiger partial charge in [0.15, 0.2) is 0 Å². The van der Waals surface area contributed by atoms with Crippen LogP contribution in [0.25, 0.3) is 6.08 Å². The fourth-order valence-electron chi connectivity index (χ4n) is 1.76. The number of methoxy groups -OCH3 is 1. The lowest BCUT2D eigenvalue weighted by Gasteiger charge is -2.06. The van der Waals surface area contributed by atoms with Crippen LogP contribution < -0.4 is 10.9 Å². The van der Waals surface area contributed by atoms with Crippen molar-refractivity contribution in [3.8, 4) is 5.75 Å². The zero-order chi connectivity index (χ0) is 15.1. The quantitative estimate of drug-likeness (QED) is 0.629. The lowest BCUT2D eigenvalue weighted by atomic mass is 10.2. The van der Waals surface area contributed by atoms with Gasteiger partial charge in [-0.25, -0.2) is 4.79 Å². The van der Waals surface area contributed by atoms with Gasteiger partial charge in [0.05, 0.1) is 7.11 Å². The normalized spacial score (nSPS) is 10.5. The van der Waals surface area contributed by atoms with E-state index in [1.165, 1.54) is 13.2 Å². The van der Waals surface area contributed by atoms with E-state index in [0.29, 0.717) is 6.61 Å². The van der Waals surface area contributed by atoms with Crippen molar-refractivity contribution in [3.63, 3.8) is 0 Å². The third kappa shape index (κ3) is 4.96. The van der Waals surface area contributed by atoms with E-state index in [1.807, 2.05) is 30.3 Å². The summed E-state index contributed by atoms with van der Waals surface area (Å²) in [6.45, 7) is 0.495. The van der Waals surface area contributed by atoms with Gasteiger partial charge in [0.1, 0.15) is 12.4 Å². The summed E-state index contributed by atoms with van der Waals surface area (Å²) < 4.78 is 10.4. The predicted octanol–water partition coefficient (Wildman–Crippen LogP) is 3.50. The maximum atomic E-state index is 10.8. The first-order chi connectivity index (χ1) is 10.2. The molecule has 0 aromatic heterocycles. The Balaban J connectivity index is 0.00000242. The number of aliphatic carboxylic acids is 1. The fourth-order valence-corrected chi connectivity index (χ4v) is 1.76. The van der Waals surface area contributed by atoms with E-state index in [4.69, 9.17) is 14.6 Å². The summed E-state index contributed by atoms with van der Waals surface area (Å²) in [4.78, 5) is 10.8. The molecular weight excluding hydrogens is 282 g/mol. The minimum atomic E-state index is -1.10. The monoisotopic (exact) mass is 301 g/mol. The van der Waals surface area contributed by atoms with Crippen molar-refractivity contribution < 1.29 is 19.4 Å². The molecule has 0 unspecified atom stereocenters. The molecule has 0 bridgehead atoms. The number of ether oxygens (including phenoxy) is 2. The molecule has 2 rings (SSSR count). The van der Waals surface area contributed by atoms with Crippen LogP contribution >= 0.6 is 0 Å². The fraction of sp³-hybridized carbons (Fsp3) is 0.118. The Morgan fingerprint density at radius 1 is 1.09 bits per heavy atom. The van der Waals surface area contributed by atoms with Gasteiger partial charge in [0.2, 0.25) is 5.76 Å². The summed E-state index contributed by atoms with van der Waals surface area (Å²) in [5.41, 5.74) is 1.83. The molecule has 4 N–H and O–H groups in total. The van der Waals surface area contributed by atoms with Gasteiger partial charge in [0.25, 0.3) is 0 Å². The molecule has 0 saturated heterocycles. The third-order valence-electron chi connectivity index (χ3n) is 2.86. The molecule has 0 heterocycles. The number of hydrogen-bond donors (Lipinski definition) is 2. The van der Waals surface area contributed by atoms with Gasteiger partial charge in [-0.2, -0.15) is 0 Å². The first-order valence-electron chi connectivity index (χ1n) is 6.45. The number of carboxylic acid groups (broad SMARTS) is 1. The zero-order valence-corrected chi connectivity index (χ0v) is 12.4. The van der Waals surface area contributed by atoms with Crippen molar-refractivity contribution in [3.05, 3.63) is 71.5 Å². The Hall–Kier alpha value is -2.79. The van der Waals surface area contributed by atoms with E-state index in [9.17, 15) is 4.79 Å². The van der Waals surface area contributed by atoms with E-state index in [0.717, 1.165) is 16.9 Å². The highest BCUT2D eigenvalue weighted by molar-refractivity contribution is 5.89. The van der Waals surface area contributed by atoms with Gasteiger partial charge < -0.3 is 20.7 Å². The average molecular weight is 301 g/mol. The van der Waals surface area contributed by atoms with Crippen LogP contribution in [0.2, 0.25) is 0 Å². The molecule has 5 heteroatoms. The number of benzene rings is 2. The van der Waals surface area contributed by atoms with Gasteiger partial charge in [-0.1, -0.05) is 42.5 Å². The maximum absolute atomic E-state index is 10.8. The highest BCUT2D eigenvalue weighted by atomic mass is 16.5. The SMILES string of the molecule is COC(=Cc1ccc(OCc2ccccc2)cc1)C(=O)O.N. The van der Waals surface area contributed by atoms with Gasteiger partial charge in [-0.3, -0.25) is 0 Å². The molecule has 0 amide bonds. The smallest absolute Gasteiger partial charge is 0.371 e. The van der Waals surface area contributed by atoms with Crippen LogP contribution in [0.1, 0.15) is 11.1 Å². The lowest BCUT2D eigenvalue weighted by molar-refractivity contribution is -0.135. The standard InChI is InChI=1S/C17H16O4.H3N/c1-20-16(17(18)19)11-13-7-9-15(10-8-13)21-12-14-5-3-2-4-6-14;/h2-11H,12H2,1H3,(H,18,19);1H3. The van der Waals surface area contributed by atoms with Crippen LogP contribution in [0.4, 0.5) is 0 Å². The Labute approximate surface area is 129 Å². The third-order valence-corrected chi connectivity index (χ3v) is 2.86. The van der Waals surface area contributed by atoms with Crippen LogP contribution in [0.15, 0.2) is 60.4 Å². The Kier molecular flexibility index (Phi) is 6.66. The van der Waals surface area contributed by atoms with Crippen molar-refractivity contribution in [2.45, 2.75) is 6.61 Å². The molecule has 0 fully saturated rings. The summed E-state index contributed by atoms with van der Waals surface area (Å²) >= 11 is 0. The molecular formula is C17H19NO4. The predicted molar refractivity (Wildman–Crippen MR) is 84.9 cm³/mol. The summed E-state index contributed by atoms with van der Waals surface area (Å²) in [5, 5.41) is 8.88. The topological polar surface area (TPSA) is 90.8 Å². The van der Waals surface area contributed by atoms with Crippen molar-refractivity contribution >= 4 is 12.0 Å². The lowest BCUT2D eigenvalue weighted by Crippen LogP contribution is -2.01. The number of carbonyl (C=O) groups is 1. The van der Waals surface area contributed by atoms with E-state index < -0.39 is 5.97 Å². The van der Waals surface area contributed by atoms with E-state index in [-0.39, 0.29) is 11.9 Å². The largest absolute Gasteiger partial charge is 0.490 e. The van der Waals surface area contributed by atoms with Gasteiger partial charge >= 0.3 is 5.97 Å². The van der Waals surface area contributed by atoms with Gasteiger partial charge in [0, 0.05) is 0 Å². The van der Waals surface area contributed by atoms with E-state index in [2.05, 4.69) is 0 Å². The molecule has 116 valence electrons. The summed E-state index contributed by atoms with van der Waals surface area (Å²) in [6.07, 6.45) is 1.46. The molecule has 22 heavy (non-hydrogen) atoms. The first-order valence-corrected chi connectivity index (χ1v) is 6.45. The number of carboxylic acids is 1. The van der Waals surface area contributed by atoms with E-state index in [1.54, 1.807) is 24.3 Å². The minimum absolute atomic E-state index is 0.